The van der Waals surface area contributed by atoms with Crippen LogP contribution in [0.5, 0.6) is 11.5 Å². The third-order valence-corrected chi connectivity index (χ3v) is 5.45. The second-order valence-electron chi connectivity index (χ2n) is 7.78. The van der Waals surface area contributed by atoms with Crippen LogP contribution in [-0.2, 0) is 6.54 Å². The van der Waals surface area contributed by atoms with Crippen molar-refractivity contribution in [2.45, 2.75) is 40.2 Å². The van der Waals surface area contributed by atoms with Gasteiger partial charge in [0, 0.05) is 12.6 Å². The number of phenols is 2. The Morgan fingerprint density at radius 1 is 1.06 bits per heavy atom. The van der Waals surface area contributed by atoms with Crippen LogP contribution < -0.4 is 0 Å². The minimum Gasteiger partial charge on any atom is -0.508 e. The van der Waals surface area contributed by atoms with Gasteiger partial charge < -0.3 is 19.8 Å². The molecule has 0 aliphatic heterocycles. The minimum atomic E-state index is -1.22. The largest absolute Gasteiger partial charge is 0.508 e. The zero-order chi connectivity index (χ0) is 22.7. The van der Waals surface area contributed by atoms with Gasteiger partial charge in [-0.25, -0.2) is 4.79 Å². The average molecular weight is 424 g/mol. The van der Waals surface area contributed by atoms with Crippen LogP contribution in [0.15, 0.2) is 40.9 Å². The predicted octanol–water partition coefficient (Wildman–Crippen LogP) is 5.08. The number of phenolic OH excluding ortho intramolecular Hbond substituents is 2. The Bertz CT molecular complexity index is 1070. The SMILES string of the molecule is CCN(CC)Cc1ccc(-c2c(C(=O)O)noc2-c2cc(C(C)C)c(O)cc2O)cc1. The number of carboxylic acids is 1. The maximum atomic E-state index is 11.8. The maximum Gasteiger partial charge on any atom is 0.358 e. The Labute approximate surface area is 181 Å². The van der Waals surface area contributed by atoms with Crippen molar-refractivity contribution in [3.63, 3.8) is 0 Å². The van der Waals surface area contributed by atoms with Gasteiger partial charge in [0.05, 0.1) is 11.1 Å². The summed E-state index contributed by atoms with van der Waals surface area (Å²) in [6, 6.07) is 10.4. The third-order valence-electron chi connectivity index (χ3n) is 5.45. The molecule has 0 bridgehead atoms. The molecule has 3 aromatic rings. The molecule has 0 aliphatic carbocycles. The number of benzene rings is 2. The van der Waals surface area contributed by atoms with Crippen molar-refractivity contribution < 1.29 is 24.6 Å². The number of carboxylic acid groups (broad SMARTS) is 1. The van der Waals surface area contributed by atoms with E-state index in [1.165, 1.54) is 6.07 Å². The van der Waals surface area contributed by atoms with Crippen LogP contribution in [0.3, 0.4) is 0 Å². The highest BCUT2D eigenvalue weighted by Gasteiger charge is 2.26. The predicted molar refractivity (Wildman–Crippen MR) is 118 cm³/mol. The lowest BCUT2D eigenvalue weighted by atomic mass is 9.94. The fourth-order valence-electron chi connectivity index (χ4n) is 3.61. The first-order valence-corrected chi connectivity index (χ1v) is 10.4. The third kappa shape index (κ3) is 4.56. The van der Waals surface area contributed by atoms with Crippen LogP contribution in [0, 0.1) is 0 Å². The number of hydrogen-bond acceptors (Lipinski definition) is 6. The van der Waals surface area contributed by atoms with Crippen molar-refractivity contribution in [1.29, 1.82) is 0 Å². The molecule has 31 heavy (non-hydrogen) atoms. The summed E-state index contributed by atoms with van der Waals surface area (Å²) in [5, 5.41) is 34.0. The van der Waals surface area contributed by atoms with Gasteiger partial charge in [-0.2, -0.15) is 0 Å². The minimum absolute atomic E-state index is 0.0102. The summed E-state index contributed by atoms with van der Waals surface area (Å²) >= 11 is 0. The van der Waals surface area contributed by atoms with Crippen molar-refractivity contribution in [2.75, 3.05) is 13.1 Å². The quantitative estimate of drug-likeness (QED) is 0.463. The Morgan fingerprint density at radius 3 is 2.26 bits per heavy atom. The molecule has 2 aromatic carbocycles. The summed E-state index contributed by atoms with van der Waals surface area (Å²) in [6.45, 7) is 10.7. The Kier molecular flexibility index (Phi) is 6.65. The van der Waals surface area contributed by atoms with Gasteiger partial charge in [0.25, 0.3) is 0 Å². The van der Waals surface area contributed by atoms with Gasteiger partial charge in [0.1, 0.15) is 11.5 Å². The van der Waals surface area contributed by atoms with Crippen molar-refractivity contribution in [3.05, 3.63) is 53.2 Å². The molecule has 0 saturated carbocycles. The molecule has 164 valence electrons. The van der Waals surface area contributed by atoms with E-state index in [0.717, 1.165) is 25.2 Å². The highest BCUT2D eigenvalue weighted by atomic mass is 16.5. The summed E-state index contributed by atoms with van der Waals surface area (Å²) in [5.41, 5.74) is 2.68. The Morgan fingerprint density at radius 2 is 1.71 bits per heavy atom. The number of aromatic carboxylic acids is 1. The number of nitrogens with zero attached hydrogens (tertiary/aromatic N) is 2. The van der Waals surface area contributed by atoms with Gasteiger partial charge in [0.15, 0.2) is 11.5 Å². The smallest absolute Gasteiger partial charge is 0.358 e. The number of carbonyl (C=O) groups is 1. The number of rotatable bonds is 8. The van der Waals surface area contributed by atoms with Crippen LogP contribution in [0.25, 0.3) is 22.5 Å². The molecule has 0 radical (unpaired) electrons. The van der Waals surface area contributed by atoms with Gasteiger partial charge in [0.2, 0.25) is 0 Å². The summed E-state index contributed by atoms with van der Waals surface area (Å²) < 4.78 is 5.40. The van der Waals surface area contributed by atoms with Crippen LogP contribution in [-0.4, -0.2) is 44.4 Å². The molecule has 1 aromatic heterocycles. The van der Waals surface area contributed by atoms with Crippen LogP contribution >= 0.6 is 0 Å². The number of aromatic hydroxyl groups is 2. The summed E-state index contributed by atoms with van der Waals surface area (Å²) in [7, 11) is 0. The number of aromatic nitrogens is 1. The average Bonchev–Trinajstić information content (AvgIpc) is 3.17. The van der Waals surface area contributed by atoms with E-state index in [1.54, 1.807) is 6.07 Å². The van der Waals surface area contributed by atoms with E-state index in [4.69, 9.17) is 4.52 Å². The lowest BCUT2D eigenvalue weighted by Gasteiger charge is -2.18. The van der Waals surface area contributed by atoms with Gasteiger partial charge in [-0.15, -0.1) is 0 Å². The normalized spacial score (nSPS) is 11.4. The Hall–Kier alpha value is -3.32. The van der Waals surface area contributed by atoms with Crippen molar-refractivity contribution in [2.24, 2.45) is 0 Å². The van der Waals surface area contributed by atoms with Gasteiger partial charge in [-0.1, -0.05) is 57.1 Å². The first kappa shape index (κ1) is 22.4. The summed E-state index contributed by atoms with van der Waals surface area (Å²) in [4.78, 5) is 14.1. The Balaban J connectivity index is 2.11. The van der Waals surface area contributed by atoms with E-state index >= 15 is 0 Å². The molecule has 3 N–H and O–H groups in total. The van der Waals surface area contributed by atoms with Crippen molar-refractivity contribution in [1.82, 2.24) is 10.1 Å². The van der Waals surface area contributed by atoms with Gasteiger partial charge in [-0.3, -0.25) is 4.90 Å². The molecule has 1 heterocycles. The zero-order valence-electron chi connectivity index (χ0n) is 18.2. The van der Waals surface area contributed by atoms with E-state index in [-0.39, 0.29) is 40.0 Å². The van der Waals surface area contributed by atoms with Crippen LogP contribution in [0.1, 0.15) is 55.2 Å². The lowest BCUT2D eigenvalue weighted by molar-refractivity contribution is 0.0686. The number of hydrogen-bond donors (Lipinski definition) is 3. The van der Waals surface area contributed by atoms with Gasteiger partial charge >= 0.3 is 5.97 Å². The van der Waals surface area contributed by atoms with Crippen LogP contribution in [0.2, 0.25) is 0 Å². The van der Waals surface area contributed by atoms with E-state index in [2.05, 4.69) is 23.9 Å². The first-order valence-electron chi connectivity index (χ1n) is 10.4. The monoisotopic (exact) mass is 424 g/mol. The summed E-state index contributed by atoms with van der Waals surface area (Å²) in [6.07, 6.45) is 0. The second kappa shape index (κ2) is 9.22. The molecule has 0 saturated heterocycles. The molecule has 0 unspecified atom stereocenters. The second-order valence-corrected chi connectivity index (χ2v) is 7.78. The molecule has 0 atom stereocenters. The maximum absolute atomic E-state index is 11.8. The molecular formula is C24H28N2O5. The van der Waals surface area contributed by atoms with E-state index < -0.39 is 5.97 Å². The van der Waals surface area contributed by atoms with E-state index in [0.29, 0.717) is 11.1 Å². The molecule has 0 fully saturated rings. The molecule has 0 spiro atoms. The van der Waals surface area contributed by atoms with Crippen LogP contribution in [0.4, 0.5) is 0 Å². The molecule has 0 amide bonds. The molecule has 3 rings (SSSR count). The van der Waals surface area contributed by atoms with Crippen molar-refractivity contribution >= 4 is 5.97 Å². The lowest BCUT2D eigenvalue weighted by Crippen LogP contribution is -2.21. The van der Waals surface area contributed by atoms with Gasteiger partial charge in [-0.05, 0) is 41.8 Å². The first-order chi connectivity index (χ1) is 14.8. The zero-order valence-corrected chi connectivity index (χ0v) is 18.2. The highest BCUT2D eigenvalue weighted by molar-refractivity contribution is 5.99. The standard InChI is InChI=1S/C24H28N2O5/c1-5-26(6-2)13-15-7-9-16(10-8-15)21-22(24(29)30)25-31-23(21)18-11-17(14(3)4)19(27)12-20(18)28/h7-12,14,27-28H,5-6,13H2,1-4H3,(H,29,30). The van der Waals surface area contributed by atoms with E-state index in [9.17, 15) is 20.1 Å². The molecule has 0 aliphatic rings. The fourth-order valence-corrected chi connectivity index (χ4v) is 3.61. The fraction of sp³-hybridized carbons (Fsp3) is 0.333. The molecular weight excluding hydrogens is 396 g/mol. The van der Waals surface area contributed by atoms with Crippen molar-refractivity contribution in [3.8, 4) is 33.9 Å². The van der Waals surface area contributed by atoms with E-state index in [1.807, 2.05) is 38.1 Å². The highest BCUT2D eigenvalue weighted by Crippen LogP contribution is 2.43. The molecule has 7 heteroatoms. The topological polar surface area (TPSA) is 107 Å². The summed E-state index contributed by atoms with van der Waals surface area (Å²) in [5.74, 6) is -1.33. The molecule has 7 nitrogen and oxygen atoms in total.